The third-order valence-corrected chi connectivity index (χ3v) is 3.74. The van der Waals surface area contributed by atoms with Crippen molar-refractivity contribution in [1.29, 1.82) is 0 Å². The fourth-order valence-corrected chi connectivity index (χ4v) is 3.27. The molecule has 0 aromatic carbocycles. The molecule has 2 bridgehead atoms. The Morgan fingerprint density at radius 3 is 2.00 bits per heavy atom. The van der Waals surface area contributed by atoms with E-state index in [1.807, 2.05) is 0 Å². The lowest BCUT2D eigenvalue weighted by Crippen LogP contribution is -2.18. The predicted molar refractivity (Wildman–Crippen MR) is 43.8 cm³/mol. The van der Waals surface area contributed by atoms with Gasteiger partial charge in [0.1, 0.15) is 0 Å². The lowest BCUT2D eigenvalue weighted by atomic mass is 9.77. The molecule has 2 unspecified atom stereocenters. The summed E-state index contributed by atoms with van der Waals surface area (Å²) in [6.07, 6.45) is 9.21. The Kier molecular flexibility index (Phi) is 1.71. The SMILES string of the molecule is CCC1C2CCCC1CC2. The average molecular weight is 138 g/mol. The fraction of sp³-hybridized carbons (Fsp3) is 1.00. The zero-order valence-corrected chi connectivity index (χ0v) is 6.97. The number of hydrogen-bond acceptors (Lipinski definition) is 0. The second kappa shape index (κ2) is 2.56. The van der Waals surface area contributed by atoms with Crippen LogP contribution in [0.1, 0.15) is 45.4 Å². The van der Waals surface area contributed by atoms with E-state index in [4.69, 9.17) is 0 Å². The molecule has 2 atom stereocenters. The van der Waals surface area contributed by atoms with Crippen LogP contribution in [0, 0.1) is 17.8 Å². The summed E-state index contributed by atoms with van der Waals surface area (Å²) in [6, 6.07) is 0. The van der Waals surface area contributed by atoms with Crippen LogP contribution in [0.3, 0.4) is 0 Å². The largest absolute Gasteiger partial charge is 0.0651 e. The molecule has 0 N–H and O–H groups in total. The molecular formula is C10H18. The van der Waals surface area contributed by atoms with Crippen molar-refractivity contribution < 1.29 is 0 Å². The van der Waals surface area contributed by atoms with Gasteiger partial charge in [0.2, 0.25) is 0 Å². The van der Waals surface area contributed by atoms with Crippen LogP contribution in [0.25, 0.3) is 0 Å². The van der Waals surface area contributed by atoms with Crippen LogP contribution in [0.4, 0.5) is 0 Å². The molecule has 0 heterocycles. The van der Waals surface area contributed by atoms with Crippen LogP contribution in [0.5, 0.6) is 0 Å². The Labute approximate surface area is 64.0 Å². The highest BCUT2D eigenvalue weighted by atomic mass is 14.4. The van der Waals surface area contributed by atoms with Gasteiger partial charge < -0.3 is 0 Å². The maximum absolute atomic E-state index is 2.38. The Morgan fingerprint density at radius 1 is 1.00 bits per heavy atom. The lowest BCUT2D eigenvalue weighted by Gasteiger charge is -2.28. The highest BCUT2D eigenvalue weighted by Crippen LogP contribution is 2.47. The summed E-state index contributed by atoms with van der Waals surface area (Å²) < 4.78 is 0. The quantitative estimate of drug-likeness (QED) is 0.522. The Bertz CT molecular complexity index is 101. The summed E-state index contributed by atoms with van der Waals surface area (Å²) in [5.41, 5.74) is 0. The van der Waals surface area contributed by atoms with Crippen molar-refractivity contribution in [2.75, 3.05) is 0 Å². The van der Waals surface area contributed by atoms with Gasteiger partial charge in [0.05, 0.1) is 0 Å². The third kappa shape index (κ3) is 0.889. The Balaban J connectivity index is 2.06. The molecule has 0 amide bonds. The summed E-state index contributed by atoms with van der Waals surface area (Å²) in [7, 11) is 0. The van der Waals surface area contributed by atoms with Gasteiger partial charge in [0.15, 0.2) is 0 Å². The minimum Gasteiger partial charge on any atom is -0.0651 e. The van der Waals surface area contributed by atoms with Crippen LogP contribution < -0.4 is 0 Å². The normalized spacial score (nSPS) is 45.9. The van der Waals surface area contributed by atoms with Crippen molar-refractivity contribution >= 4 is 0 Å². The van der Waals surface area contributed by atoms with E-state index in [-0.39, 0.29) is 0 Å². The van der Waals surface area contributed by atoms with E-state index in [2.05, 4.69) is 6.92 Å². The summed E-state index contributed by atoms with van der Waals surface area (Å²) in [5.74, 6) is 3.42. The van der Waals surface area contributed by atoms with E-state index in [1.165, 1.54) is 12.8 Å². The maximum Gasteiger partial charge on any atom is -0.0360 e. The highest BCUT2D eigenvalue weighted by Gasteiger charge is 2.36. The van der Waals surface area contributed by atoms with E-state index >= 15 is 0 Å². The van der Waals surface area contributed by atoms with Gasteiger partial charge in [-0.25, -0.2) is 0 Å². The molecular weight excluding hydrogens is 120 g/mol. The smallest absolute Gasteiger partial charge is 0.0360 e. The van der Waals surface area contributed by atoms with Gasteiger partial charge in [0, 0.05) is 0 Å². The zero-order chi connectivity index (χ0) is 6.97. The van der Waals surface area contributed by atoms with Gasteiger partial charge >= 0.3 is 0 Å². The van der Waals surface area contributed by atoms with Gasteiger partial charge in [-0.2, -0.15) is 0 Å². The molecule has 0 nitrogen and oxygen atoms in total. The molecule has 0 aromatic heterocycles. The molecule has 0 heteroatoms. The maximum atomic E-state index is 2.38. The first-order chi connectivity index (χ1) is 4.92. The summed E-state index contributed by atoms with van der Waals surface area (Å²) >= 11 is 0. The average Bonchev–Trinajstić information content (AvgIpc) is 2.19. The van der Waals surface area contributed by atoms with Gasteiger partial charge in [-0.05, 0) is 30.6 Å². The van der Waals surface area contributed by atoms with Gasteiger partial charge in [0.25, 0.3) is 0 Å². The number of fused-ring (bicyclic) bond motifs is 2. The molecule has 0 spiro atoms. The molecule has 2 fully saturated rings. The highest BCUT2D eigenvalue weighted by molar-refractivity contribution is 4.87. The standard InChI is InChI=1S/C10H18/c1-2-10-8-4-3-5-9(10)7-6-8/h8-10H,2-7H2,1H3. The molecule has 0 radical (unpaired) electrons. The summed E-state index contributed by atoms with van der Waals surface area (Å²) in [4.78, 5) is 0. The van der Waals surface area contributed by atoms with Crippen molar-refractivity contribution in [2.24, 2.45) is 17.8 Å². The Hall–Kier alpha value is 0. The van der Waals surface area contributed by atoms with Crippen molar-refractivity contribution in [3.05, 3.63) is 0 Å². The topological polar surface area (TPSA) is 0 Å². The van der Waals surface area contributed by atoms with Crippen LogP contribution in [0.15, 0.2) is 0 Å². The second-order valence-electron chi connectivity index (χ2n) is 4.10. The molecule has 0 aliphatic heterocycles. The molecule has 10 heavy (non-hydrogen) atoms. The van der Waals surface area contributed by atoms with Crippen molar-refractivity contribution in [1.82, 2.24) is 0 Å². The van der Waals surface area contributed by atoms with E-state index in [1.54, 1.807) is 25.7 Å². The van der Waals surface area contributed by atoms with E-state index < -0.39 is 0 Å². The first kappa shape index (κ1) is 6.69. The summed E-state index contributed by atoms with van der Waals surface area (Å²) in [5, 5.41) is 0. The monoisotopic (exact) mass is 138 g/mol. The van der Waals surface area contributed by atoms with Gasteiger partial charge in [-0.3, -0.25) is 0 Å². The van der Waals surface area contributed by atoms with E-state index in [0.29, 0.717) is 0 Å². The molecule has 2 aliphatic rings. The van der Waals surface area contributed by atoms with E-state index in [0.717, 1.165) is 17.8 Å². The van der Waals surface area contributed by atoms with Crippen LogP contribution in [-0.2, 0) is 0 Å². The van der Waals surface area contributed by atoms with E-state index in [9.17, 15) is 0 Å². The summed E-state index contributed by atoms with van der Waals surface area (Å²) in [6.45, 7) is 2.38. The van der Waals surface area contributed by atoms with Gasteiger partial charge in [-0.1, -0.05) is 32.6 Å². The second-order valence-corrected chi connectivity index (χ2v) is 4.10. The zero-order valence-electron chi connectivity index (χ0n) is 6.97. The molecule has 0 saturated heterocycles. The van der Waals surface area contributed by atoms with Gasteiger partial charge in [-0.15, -0.1) is 0 Å². The van der Waals surface area contributed by atoms with Crippen molar-refractivity contribution in [2.45, 2.75) is 45.4 Å². The molecule has 2 aliphatic carbocycles. The van der Waals surface area contributed by atoms with Crippen molar-refractivity contribution in [3.8, 4) is 0 Å². The molecule has 2 saturated carbocycles. The van der Waals surface area contributed by atoms with Crippen LogP contribution in [0.2, 0.25) is 0 Å². The van der Waals surface area contributed by atoms with Crippen molar-refractivity contribution in [3.63, 3.8) is 0 Å². The van der Waals surface area contributed by atoms with Crippen LogP contribution >= 0.6 is 0 Å². The molecule has 58 valence electrons. The minimum atomic E-state index is 1.13. The Morgan fingerprint density at radius 2 is 1.60 bits per heavy atom. The first-order valence-electron chi connectivity index (χ1n) is 4.92. The fourth-order valence-electron chi connectivity index (χ4n) is 3.27. The number of hydrogen-bond donors (Lipinski definition) is 0. The molecule has 0 aromatic rings. The third-order valence-electron chi connectivity index (χ3n) is 3.74. The predicted octanol–water partition coefficient (Wildman–Crippen LogP) is 3.22. The van der Waals surface area contributed by atoms with Crippen LogP contribution in [-0.4, -0.2) is 0 Å². The number of rotatable bonds is 1. The molecule has 2 rings (SSSR count). The minimum absolute atomic E-state index is 1.13. The first-order valence-corrected chi connectivity index (χ1v) is 4.92. The lowest BCUT2D eigenvalue weighted by molar-refractivity contribution is 0.222.